The molecule has 0 aliphatic carbocycles. The zero-order valence-corrected chi connectivity index (χ0v) is 18.2. The number of hydrogen-bond donors (Lipinski definition) is 3. The van der Waals surface area contributed by atoms with Crippen LogP contribution in [0.15, 0.2) is 39.3 Å². The third-order valence-electron chi connectivity index (χ3n) is 3.76. The number of aliphatic imine (C=N–C) groups is 1. The fourth-order valence-corrected chi connectivity index (χ4v) is 3.14. The average Bonchev–Trinajstić information content (AvgIpc) is 3.26. The molecule has 3 N–H and O–H groups in total. The lowest BCUT2D eigenvalue weighted by molar-refractivity contribution is 0.0378. The van der Waals surface area contributed by atoms with Crippen LogP contribution in [0.25, 0.3) is 4.96 Å². The lowest BCUT2D eigenvalue weighted by Crippen LogP contribution is -2.44. The topological polar surface area (TPSA) is 87.1 Å². The molecule has 7 nitrogen and oxygen atoms in total. The number of furan rings is 1. The molecular weight excluding hydrogens is 465 g/mol. The maximum Gasteiger partial charge on any atom is 0.193 e. The number of guanidine groups is 1. The van der Waals surface area contributed by atoms with Gasteiger partial charge in [0, 0.05) is 24.3 Å². The number of aryl methyl sites for hydroxylation is 1. The minimum absolute atomic E-state index is 0. The van der Waals surface area contributed by atoms with Crippen LogP contribution < -0.4 is 10.6 Å². The highest BCUT2D eigenvalue weighted by molar-refractivity contribution is 14.0. The van der Waals surface area contributed by atoms with Crippen molar-refractivity contribution in [2.45, 2.75) is 32.9 Å². The van der Waals surface area contributed by atoms with Crippen LogP contribution in [0.4, 0.5) is 0 Å². The van der Waals surface area contributed by atoms with E-state index in [0.717, 1.165) is 23.0 Å². The Kier molecular flexibility index (Phi) is 7.07. The van der Waals surface area contributed by atoms with E-state index in [4.69, 9.17) is 4.42 Å². The molecular formula is C17H24IN5O2S. The zero-order valence-electron chi connectivity index (χ0n) is 15.0. The quantitative estimate of drug-likeness (QED) is 0.282. The van der Waals surface area contributed by atoms with E-state index in [1.807, 2.05) is 42.1 Å². The van der Waals surface area contributed by atoms with Crippen LogP contribution in [-0.4, -0.2) is 33.5 Å². The van der Waals surface area contributed by atoms with E-state index < -0.39 is 5.60 Å². The first-order chi connectivity index (χ1) is 12.0. The van der Waals surface area contributed by atoms with E-state index in [-0.39, 0.29) is 30.5 Å². The monoisotopic (exact) mass is 489 g/mol. The van der Waals surface area contributed by atoms with E-state index in [1.165, 1.54) is 0 Å². The summed E-state index contributed by atoms with van der Waals surface area (Å²) in [7, 11) is 0. The van der Waals surface area contributed by atoms with Gasteiger partial charge in [0.15, 0.2) is 10.9 Å². The molecule has 0 aliphatic rings. The summed E-state index contributed by atoms with van der Waals surface area (Å²) < 4.78 is 7.52. The Morgan fingerprint density at radius 2 is 2.23 bits per heavy atom. The smallest absolute Gasteiger partial charge is 0.193 e. The van der Waals surface area contributed by atoms with Crippen molar-refractivity contribution in [1.82, 2.24) is 20.0 Å². The fraction of sp³-hybridized carbons (Fsp3) is 0.412. The van der Waals surface area contributed by atoms with Crippen LogP contribution in [0.1, 0.15) is 31.1 Å². The third kappa shape index (κ3) is 4.98. The van der Waals surface area contributed by atoms with Crippen LogP contribution >= 0.6 is 35.3 Å². The van der Waals surface area contributed by atoms with Gasteiger partial charge in [0.1, 0.15) is 17.1 Å². The lowest BCUT2D eigenvalue weighted by Gasteiger charge is -2.22. The van der Waals surface area contributed by atoms with E-state index in [2.05, 4.69) is 20.6 Å². The highest BCUT2D eigenvalue weighted by Gasteiger charge is 2.27. The molecule has 3 heterocycles. The minimum Gasteiger partial charge on any atom is -0.463 e. The van der Waals surface area contributed by atoms with Crippen LogP contribution in [-0.2, 0) is 12.1 Å². The van der Waals surface area contributed by atoms with Gasteiger partial charge in [0.05, 0.1) is 18.8 Å². The van der Waals surface area contributed by atoms with Crippen LogP contribution in [0, 0.1) is 6.92 Å². The van der Waals surface area contributed by atoms with Crippen LogP contribution in [0.5, 0.6) is 0 Å². The summed E-state index contributed by atoms with van der Waals surface area (Å²) in [6.45, 7) is 7.04. The maximum absolute atomic E-state index is 10.6. The lowest BCUT2D eigenvalue weighted by atomic mass is 10.0. The first kappa shape index (κ1) is 20.7. The molecule has 0 aliphatic heterocycles. The number of aliphatic hydroxyl groups is 1. The van der Waals surface area contributed by atoms with Crippen molar-refractivity contribution < 1.29 is 9.52 Å². The standard InChI is InChI=1S/C17H23N5O2S.HI/c1-4-18-15(19-9-13-10-22-7-8-25-16(22)21-13)20-11-17(3,23)14-6-5-12(2)24-14;/h5-8,10,23H,4,9,11H2,1-3H3,(H2,18,19,20);1H. The summed E-state index contributed by atoms with van der Waals surface area (Å²) >= 11 is 1.59. The summed E-state index contributed by atoms with van der Waals surface area (Å²) in [5, 5.41) is 19.0. The van der Waals surface area contributed by atoms with Crippen molar-refractivity contribution in [3.8, 4) is 0 Å². The molecule has 0 aromatic carbocycles. The molecule has 0 saturated heterocycles. The van der Waals surface area contributed by atoms with Crippen molar-refractivity contribution in [1.29, 1.82) is 0 Å². The number of fused-ring (bicyclic) bond motifs is 1. The third-order valence-corrected chi connectivity index (χ3v) is 4.53. The second kappa shape index (κ2) is 8.87. The van der Waals surface area contributed by atoms with Gasteiger partial charge < -0.3 is 20.2 Å². The number of halogens is 1. The predicted octanol–water partition coefficient (Wildman–Crippen LogP) is 2.88. The molecule has 3 rings (SSSR count). The molecule has 0 saturated carbocycles. The maximum atomic E-state index is 10.6. The number of thiazole rings is 1. The first-order valence-electron chi connectivity index (χ1n) is 8.20. The van der Waals surface area contributed by atoms with Crippen molar-refractivity contribution in [2.75, 3.05) is 13.1 Å². The van der Waals surface area contributed by atoms with Gasteiger partial charge in [-0.2, -0.15) is 0 Å². The van der Waals surface area contributed by atoms with E-state index >= 15 is 0 Å². The van der Waals surface area contributed by atoms with Gasteiger partial charge in [-0.15, -0.1) is 35.3 Å². The Labute approximate surface area is 173 Å². The van der Waals surface area contributed by atoms with Crippen LogP contribution in [0.3, 0.4) is 0 Å². The highest BCUT2D eigenvalue weighted by Crippen LogP contribution is 2.21. The zero-order chi connectivity index (χ0) is 17.9. The number of hydrogen-bond acceptors (Lipinski definition) is 5. The molecule has 0 radical (unpaired) electrons. The molecule has 1 atom stereocenters. The molecule has 1 unspecified atom stereocenters. The van der Waals surface area contributed by atoms with Gasteiger partial charge in [-0.25, -0.2) is 9.98 Å². The van der Waals surface area contributed by atoms with Gasteiger partial charge in [0.25, 0.3) is 0 Å². The van der Waals surface area contributed by atoms with Crippen LogP contribution in [0.2, 0.25) is 0 Å². The summed E-state index contributed by atoms with van der Waals surface area (Å²) in [6.07, 6.45) is 3.95. The number of rotatable bonds is 6. The van der Waals surface area contributed by atoms with Gasteiger partial charge in [-0.1, -0.05) is 0 Å². The molecule has 0 spiro atoms. The summed E-state index contributed by atoms with van der Waals surface area (Å²) in [5.41, 5.74) is -0.223. The van der Waals surface area contributed by atoms with E-state index in [1.54, 1.807) is 24.3 Å². The SMILES string of the molecule is CCNC(=NCc1cn2ccsc2n1)NCC(C)(O)c1ccc(C)o1.I. The Morgan fingerprint density at radius 1 is 1.42 bits per heavy atom. The molecule has 3 aromatic rings. The van der Waals surface area contributed by atoms with E-state index in [9.17, 15) is 5.11 Å². The Hall–Kier alpha value is -1.59. The highest BCUT2D eigenvalue weighted by atomic mass is 127. The van der Waals surface area contributed by atoms with Gasteiger partial charge in [-0.05, 0) is 32.9 Å². The average molecular weight is 489 g/mol. The second-order valence-corrected chi connectivity index (χ2v) is 6.93. The summed E-state index contributed by atoms with van der Waals surface area (Å²) in [5.74, 6) is 1.93. The minimum atomic E-state index is -1.12. The molecule has 0 bridgehead atoms. The molecule has 26 heavy (non-hydrogen) atoms. The van der Waals surface area contributed by atoms with Crippen molar-refractivity contribution in [3.05, 3.63) is 47.1 Å². The van der Waals surface area contributed by atoms with Gasteiger partial charge in [-0.3, -0.25) is 4.40 Å². The van der Waals surface area contributed by atoms with Gasteiger partial charge >= 0.3 is 0 Å². The largest absolute Gasteiger partial charge is 0.463 e. The normalized spacial score (nSPS) is 14.1. The number of nitrogens with one attached hydrogen (secondary N) is 2. The molecule has 142 valence electrons. The van der Waals surface area contributed by atoms with E-state index in [0.29, 0.717) is 18.3 Å². The fourth-order valence-electron chi connectivity index (χ4n) is 2.42. The first-order valence-corrected chi connectivity index (χ1v) is 9.08. The molecule has 3 aromatic heterocycles. The number of imidazole rings is 1. The number of nitrogens with zero attached hydrogens (tertiary/aromatic N) is 3. The Morgan fingerprint density at radius 3 is 2.88 bits per heavy atom. The van der Waals surface area contributed by atoms with Gasteiger partial charge in [0.2, 0.25) is 0 Å². The Balaban J connectivity index is 0.00000243. The summed E-state index contributed by atoms with van der Waals surface area (Å²) in [6, 6.07) is 3.63. The van der Waals surface area contributed by atoms with Crippen molar-refractivity contribution >= 4 is 46.2 Å². The van der Waals surface area contributed by atoms with Crippen molar-refractivity contribution in [3.63, 3.8) is 0 Å². The molecule has 9 heteroatoms. The second-order valence-electron chi connectivity index (χ2n) is 6.06. The number of aromatic nitrogens is 2. The molecule has 0 fully saturated rings. The summed E-state index contributed by atoms with van der Waals surface area (Å²) in [4.78, 5) is 10.0. The van der Waals surface area contributed by atoms with Crippen molar-refractivity contribution in [2.24, 2.45) is 4.99 Å². The molecule has 0 amide bonds. The predicted molar refractivity (Wildman–Crippen MR) is 114 cm³/mol. The Bertz CT molecular complexity index is 839.